The summed E-state index contributed by atoms with van der Waals surface area (Å²) in [5, 5.41) is 12.4. The van der Waals surface area contributed by atoms with Crippen molar-refractivity contribution in [1.82, 2.24) is 5.32 Å². The van der Waals surface area contributed by atoms with Crippen LogP contribution in [0.2, 0.25) is 0 Å². The molecule has 0 unspecified atom stereocenters. The number of carbonyl (C=O) groups excluding carboxylic acids is 1. The zero-order valence-corrected chi connectivity index (χ0v) is 14.3. The van der Waals surface area contributed by atoms with Crippen LogP contribution in [0, 0.1) is 11.3 Å². The van der Waals surface area contributed by atoms with E-state index in [1.165, 1.54) is 10.5 Å². The Bertz CT molecular complexity index is 581. The fraction of sp³-hybridized carbons (Fsp3) is 0.579. The molecule has 2 aliphatic rings. The Labute approximate surface area is 144 Å². The second-order valence-corrected chi connectivity index (χ2v) is 7.29. The molecular weight excluding hydrogens is 300 g/mol. The first-order valence-electron chi connectivity index (χ1n) is 9.12. The van der Waals surface area contributed by atoms with Gasteiger partial charge in [-0.1, -0.05) is 30.3 Å². The summed E-state index contributed by atoms with van der Waals surface area (Å²) in [6.45, 7) is 5.81. The molecule has 1 saturated carbocycles. The maximum Gasteiger partial charge on any atom is 0.276 e. The van der Waals surface area contributed by atoms with E-state index < -0.39 is 5.54 Å². The van der Waals surface area contributed by atoms with E-state index in [4.69, 9.17) is 0 Å². The van der Waals surface area contributed by atoms with E-state index >= 15 is 0 Å². The van der Waals surface area contributed by atoms with E-state index in [1.54, 1.807) is 4.90 Å². The van der Waals surface area contributed by atoms with Crippen molar-refractivity contribution in [2.45, 2.75) is 37.8 Å². The van der Waals surface area contributed by atoms with Gasteiger partial charge in [-0.3, -0.25) is 4.79 Å². The van der Waals surface area contributed by atoms with Crippen LogP contribution in [0.1, 0.15) is 31.2 Å². The van der Waals surface area contributed by atoms with E-state index in [1.807, 2.05) is 0 Å². The number of benzene rings is 1. The molecule has 1 aliphatic carbocycles. The molecule has 1 saturated heterocycles. The topological polar surface area (TPSA) is 61.8 Å². The van der Waals surface area contributed by atoms with Gasteiger partial charge in [0.05, 0.1) is 6.07 Å². The normalized spacial score (nSPS) is 25.8. The fourth-order valence-electron chi connectivity index (χ4n) is 3.98. The summed E-state index contributed by atoms with van der Waals surface area (Å²) < 4.78 is 0. The van der Waals surface area contributed by atoms with Crippen LogP contribution >= 0.6 is 0 Å². The molecule has 5 nitrogen and oxygen atoms in total. The molecule has 1 amide bonds. The highest BCUT2D eigenvalue weighted by atomic mass is 16.2. The SMILES string of the molecule is N#CC1(NC(=O)C[NH+]2CC[NH+](Cc3ccccc3)CC2)CCCC1. The first kappa shape index (κ1) is 16.9. The molecule has 1 heterocycles. The van der Waals surface area contributed by atoms with Crippen molar-refractivity contribution in [3.8, 4) is 6.07 Å². The minimum absolute atomic E-state index is 0.0416. The lowest BCUT2D eigenvalue weighted by Gasteiger charge is -2.30. The molecule has 3 rings (SSSR count). The molecule has 1 aromatic carbocycles. The highest BCUT2D eigenvalue weighted by molar-refractivity contribution is 5.78. The number of rotatable bonds is 5. The van der Waals surface area contributed by atoms with Crippen LogP contribution in [0.4, 0.5) is 0 Å². The minimum Gasteiger partial charge on any atom is -0.333 e. The predicted octanol–water partition coefficient (Wildman–Crippen LogP) is -1.08. The van der Waals surface area contributed by atoms with E-state index in [0.717, 1.165) is 58.4 Å². The number of amides is 1. The summed E-state index contributed by atoms with van der Waals surface area (Å²) in [5.74, 6) is 0.0416. The standard InChI is InChI=1S/C19H26N4O/c20-16-19(8-4-5-9-19)21-18(24)15-23-12-10-22(11-13-23)14-17-6-2-1-3-7-17/h1-3,6-7H,4-5,8-15H2,(H,21,24)/p+2. The predicted molar refractivity (Wildman–Crippen MR) is 91.4 cm³/mol. The Morgan fingerprint density at radius 2 is 1.71 bits per heavy atom. The third-order valence-corrected chi connectivity index (χ3v) is 5.42. The van der Waals surface area contributed by atoms with Gasteiger partial charge in [0.15, 0.2) is 6.54 Å². The van der Waals surface area contributed by atoms with Gasteiger partial charge in [0, 0.05) is 5.56 Å². The zero-order chi connectivity index (χ0) is 16.8. The molecule has 2 fully saturated rings. The van der Waals surface area contributed by atoms with Crippen molar-refractivity contribution in [2.75, 3.05) is 32.7 Å². The molecule has 5 heteroatoms. The Morgan fingerprint density at radius 3 is 2.33 bits per heavy atom. The highest BCUT2D eigenvalue weighted by Crippen LogP contribution is 2.28. The number of nitrogens with one attached hydrogen (secondary N) is 3. The van der Waals surface area contributed by atoms with Crippen molar-refractivity contribution in [3.05, 3.63) is 35.9 Å². The number of carbonyl (C=O) groups is 1. The van der Waals surface area contributed by atoms with E-state index in [2.05, 4.69) is 41.7 Å². The summed E-state index contributed by atoms with van der Waals surface area (Å²) >= 11 is 0. The van der Waals surface area contributed by atoms with Crippen molar-refractivity contribution in [2.24, 2.45) is 0 Å². The van der Waals surface area contributed by atoms with Crippen LogP contribution < -0.4 is 15.1 Å². The second kappa shape index (κ2) is 7.78. The van der Waals surface area contributed by atoms with Gasteiger partial charge in [-0.15, -0.1) is 0 Å². The van der Waals surface area contributed by atoms with Gasteiger partial charge in [-0.25, -0.2) is 0 Å². The number of hydrogen-bond acceptors (Lipinski definition) is 2. The molecular formula is C19H28N4O+2. The maximum atomic E-state index is 12.3. The van der Waals surface area contributed by atoms with Gasteiger partial charge in [0.2, 0.25) is 0 Å². The molecule has 1 aromatic rings. The zero-order valence-electron chi connectivity index (χ0n) is 14.3. The minimum atomic E-state index is -0.586. The molecule has 0 spiro atoms. The highest BCUT2D eigenvalue weighted by Gasteiger charge is 2.36. The number of nitriles is 1. The lowest BCUT2D eigenvalue weighted by Crippen LogP contribution is -3.28. The van der Waals surface area contributed by atoms with Crippen LogP contribution in [0.15, 0.2) is 30.3 Å². The van der Waals surface area contributed by atoms with Crippen LogP contribution in [-0.4, -0.2) is 44.2 Å². The molecule has 0 radical (unpaired) electrons. The molecule has 1 aliphatic heterocycles. The Balaban J connectivity index is 1.42. The van der Waals surface area contributed by atoms with Crippen LogP contribution in [0.3, 0.4) is 0 Å². The summed E-state index contributed by atoms with van der Waals surface area (Å²) in [7, 11) is 0. The number of quaternary nitrogens is 2. The average Bonchev–Trinajstić information content (AvgIpc) is 3.06. The first-order valence-corrected chi connectivity index (χ1v) is 9.12. The Kier molecular flexibility index (Phi) is 5.49. The van der Waals surface area contributed by atoms with Gasteiger partial charge in [-0.2, -0.15) is 5.26 Å². The lowest BCUT2D eigenvalue weighted by molar-refractivity contribution is -1.02. The average molecular weight is 328 g/mol. The number of nitrogens with zero attached hydrogens (tertiary/aromatic N) is 1. The molecule has 128 valence electrons. The van der Waals surface area contributed by atoms with Gasteiger partial charge in [-0.05, 0) is 25.7 Å². The van der Waals surface area contributed by atoms with Crippen molar-refractivity contribution in [3.63, 3.8) is 0 Å². The lowest BCUT2D eigenvalue weighted by atomic mass is 10.00. The first-order chi connectivity index (χ1) is 11.7. The van der Waals surface area contributed by atoms with E-state index in [9.17, 15) is 10.1 Å². The van der Waals surface area contributed by atoms with Gasteiger partial charge < -0.3 is 15.1 Å². The molecule has 0 atom stereocenters. The van der Waals surface area contributed by atoms with E-state index in [0.29, 0.717) is 6.54 Å². The summed E-state index contributed by atoms with van der Waals surface area (Å²) in [6.07, 6.45) is 3.70. The number of hydrogen-bond donors (Lipinski definition) is 3. The van der Waals surface area contributed by atoms with Gasteiger partial charge in [0.25, 0.3) is 5.91 Å². The van der Waals surface area contributed by atoms with Crippen LogP contribution in [0.25, 0.3) is 0 Å². The third kappa shape index (κ3) is 4.34. The Morgan fingerprint density at radius 1 is 1.08 bits per heavy atom. The number of piperazine rings is 1. The van der Waals surface area contributed by atoms with Crippen molar-refractivity contribution < 1.29 is 14.6 Å². The summed E-state index contributed by atoms with van der Waals surface area (Å²) in [5.41, 5.74) is 0.794. The third-order valence-electron chi connectivity index (χ3n) is 5.42. The van der Waals surface area contributed by atoms with Crippen molar-refractivity contribution >= 4 is 5.91 Å². The molecule has 3 N–H and O–H groups in total. The maximum absolute atomic E-state index is 12.3. The monoisotopic (exact) mass is 328 g/mol. The smallest absolute Gasteiger partial charge is 0.276 e. The molecule has 24 heavy (non-hydrogen) atoms. The summed E-state index contributed by atoms with van der Waals surface area (Å²) in [4.78, 5) is 15.2. The second-order valence-electron chi connectivity index (χ2n) is 7.29. The van der Waals surface area contributed by atoms with Crippen LogP contribution in [-0.2, 0) is 11.3 Å². The van der Waals surface area contributed by atoms with Crippen molar-refractivity contribution in [1.29, 1.82) is 5.26 Å². The Hall–Kier alpha value is -1.90. The molecule has 0 bridgehead atoms. The van der Waals surface area contributed by atoms with Gasteiger partial charge in [0.1, 0.15) is 38.3 Å². The molecule has 0 aromatic heterocycles. The van der Waals surface area contributed by atoms with Gasteiger partial charge >= 0.3 is 0 Å². The summed E-state index contributed by atoms with van der Waals surface area (Å²) in [6, 6.07) is 12.9. The quantitative estimate of drug-likeness (QED) is 0.644. The fourth-order valence-corrected chi connectivity index (χ4v) is 3.98. The van der Waals surface area contributed by atoms with Crippen LogP contribution in [0.5, 0.6) is 0 Å². The van der Waals surface area contributed by atoms with E-state index in [-0.39, 0.29) is 5.91 Å². The largest absolute Gasteiger partial charge is 0.333 e.